The van der Waals surface area contributed by atoms with Crippen LogP contribution in [-0.2, 0) is 10.0 Å². The Kier molecular flexibility index (Phi) is 3.88. The van der Waals surface area contributed by atoms with Crippen LogP contribution < -0.4 is 4.72 Å². The highest BCUT2D eigenvalue weighted by Gasteiger charge is 2.17. The molecule has 0 amide bonds. The molecule has 6 nitrogen and oxygen atoms in total. The highest BCUT2D eigenvalue weighted by molar-refractivity contribution is 9.11. The molecule has 1 aromatic carbocycles. The number of hydrogen-bond acceptors (Lipinski definition) is 5. The van der Waals surface area contributed by atoms with Crippen molar-refractivity contribution in [1.82, 2.24) is 0 Å². The van der Waals surface area contributed by atoms with Crippen LogP contribution in [0, 0.1) is 10.1 Å². The summed E-state index contributed by atoms with van der Waals surface area (Å²) in [6, 6.07) is 8.28. The van der Waals surface area contributed by atoms with Gasteiger partial charge in [0.1, 0.15) is 4.21 Å². The number of halogens is 1. The quantitative estimate of drug-likeness (QED) is 0.667. The molecule has 19 heavy (non-hydrogen) atoms. The predicted molar refractivity (Wildman–Crippen MR) is 75.9 cm³/mol. The topological polar surface area (TPSA) is 89.3 Å². The van der Waals surface area contributed by atoms with Gasteiger partial charge in [-0.2, -0.15) is 0 Å². The Balaban J connectivity index is 2.23. The van der Waals surface area contributed by atoms with Crippen molar-refractivity contribution in [3.8, 4) is 0 Å². The number of nitrogens with zero attached hydrogens (tertiary/aromatic N) is 1. The zero-order valence-electron chi connectivity index (χ0n) is 9.24. The minimum Gasteiger partial charge on any atom is -0.279 e. The fourth-order valence-electron chi connectivity index (χ4n) is 1.30. The molecule has 0 saturated carbocycles. The molecule has 2 aromatic rings. The average Bonchev–Trinajstić information content (AvgIpc) is 2.77. The third-order valence-electron chi connectivity index (χ3n) is 2.14. The summed E-state index contributed by atoms with van der Waals surface area (Å²) in [5.41, 5.74) is 0.178. The van der Waals surface area contributed by atoms with Crippen LogP contribution in [-0.4, -0.2) is 13.3 Å². The van der Waals surface area contributed by atoms with E-state index in [9.17, 15) is 18.5 Å². The van der Waals surface area contributed by atoms with Crippen LogP contribution in [0.1, 0.15) is 0 Å². The van der Waals surface area contributed by atoms with E-state index >= 15 is 0 Å². The number of benzene rings is 1. The van der Waals surface area contributed by atoms with Crippen molar-refractivity contribution in [3.05, 3.63) is 50.3 Å². The number of nitro benzene ring substituents is 1. The molecule has 0 atom stereocenters. The number of nitro groups is 1. The molecule has 1 aromatic heterocycles. The van der Waals surface area contributed by atoms with Gasteiger partial charge in [0.25, 0.3) is 15.7 Å². The third kappa shape index (κ3) is 3.31. The van der Waals surface area contributed by atoms with Crippen LogP contribution in [0.3, 0.4) is 0 Å². The van der Waals surface area contributed by atoms with Gasteiger partial charge in [0, 0.05) is 17.8 Å². The first-order valence-corrected chi connectivity index (χ1v) is 8.00. The highest BCUT2D eigenvalue weighted by Crippen LogP contribution is 2.27. The van der Waals surface area contributed by atoms with E-state index in [0.29, 0.717) is 3.79 Å². The Bertz CT molecular complexity index is 709. The van der Waals surface area contributed by atoms with Gasteiger partial charge in [0.05, 0.1) is 8.71 Å². The highest BCUT2D eigenvalue weighted by atomic mass is 79.9. The number of anilines is 1. The number of thiophene rings is 1. The Morgan fingerprint density at radius 2 is 1.79 bits per heavy atom. The van der Waals surface area contributed by atoms with E-state index in [1.807, 2.05) is 0 Å². The first-order valence-electron chi connectivity index (χ1n) is 4.91. The van der Waals surface area contributed by atoms with E-state index in [4.69, 9.17) is 0 Å². The Morgan fingerprint density at radius 1 is 1.16 bits per heavy atom. The number of non-ortho nitro benzene ring substituents is 1. The molecule has 0 aliphatic carbocycles. The van der Waals surface area contributed by atoms with Crippen molar-refractivity contribution in [3.63, 3.8) is 0 Å². The van der Waals surface area contributed by atoms with Crippen LogP contribution >= 0.6 is 27.3 Å². The molecule has 1 heterocycles. The van der Waals surface area contributed by atoms with Crippen molar-refractivity contribution in [2.24, 2.45) is 0 Å². The van der Waals surface area contributed by atoms with Crippen LogP contribution in [0.5, 0.6) is 0 Å². The maximum absolute atomic E-state index is 12.0. The maximum atomic E-state index is 12.0. The average molecular weight is 363 g/mol. The largest absolute Gasteiger partial charge is 0.279 e. The fraction of sp³-hybridized carbons (Fsp3) is 0. The van der Waals surface area contributed by atoms with Crippen LogP contribution in [0.2, 0.25) is 0 Å². The van der Waals surface area contributed by atoms with Gasteiger partial charge in [0.2, 0.25) is 0 Å². The maximum Gasteiger partial charge on any atom is 0.271 e. The summed E-state index contributed by atoms with van der Waals surface area (Å²) in [4.78, 5) is 9.94. The molecule has 0 spiro atoms. The molecule has 100 valence electrons. The van der Waals surface area contributed by atoms with Crippen molar-refractivity contribution >= 4 is 48.7 Å². The summed E-state index contributed by atoms with van der Waals surface area (Å²) in [6.07, 6.45) is 0. The molecule has 2 rings (SSSR count). The van der Waals surface area contributed by atoms with E-state index in [2.05, 4.69) is 20.7 Å². The Hall–Kier alpha value is -1.45. The molecule has 0 radical (unpaired) electrons. The van der Waals surface area contributed by atoms with Crippen LogP contribution in [0.15, 0.2) is 44.4 Å². The van der Waals surface area contributed by atoms with Gasteiger partial charge in [-0.1, -0.05) is 0 Å². The van der Waals surface area contributed by atoms with Crippen molar-refractivity contribution < 1.29 is 13.3 Å². The molecule has 0 aliphatic heterocycles. The number of hydrogen-bond donors (Lipinski definition) is 1. The van der Waals surface area contributed by atoms with Gasteiger partial charge in [-0.15, -0.1) is 11.3 Å². The summed E-state index contributed by atoms with van der Waals surface area (Å²) < 4.78 is 27.2. The van der Waals surface area contributed by atoms with Crippen molar-refractivity contribution in [2.45, 2.75) is 4.21 Å². The smallest absolute Gasteiger partial charge is 0.271 e. The Labute approximate surface area is 121 Å². The molecule has 9 heteroatoms. The molecule has 1 N–H and O–H groups in total. The fourth-order valence-corrected chi connectivity index (χ4v) is 4.37. The molecule has 0 fully saturated rings. The van der Waals surface area contributed by atoms with Gasteiger partial charge >= 0.3 is 0 Å². The molecule has 0 aliphatic rings. The lowest BCUT2D eigenvalue weighted by atomic mass is 10.3. The first kappa shape index (κ1) is 14.0. The van der Waals surface area contributed by atoms with Crippen LogP contribution in [0.25, 0.3) is 0 Å². The summed E-state index contributed by atoms with van der Waals surface area (Å²) >= 11 is 4.27. The normalized spacial score (nSPS) is 11.2. The van der Waals surface area contributed by atoms with Gasteiger partial charge in [-0.3, -0.25) is 14.8 Å². The van der Waals surface area contributed by atoms with E-state index in [-0.39, 0.29) is 15.6 Å². The van der Waals surface area contributed by atoms with Gasteiger partial charge in [-0.05, 0) is 40.2 Å². The number of sulfonamides is 1. The lowest BCUT2D eigenvalue weighted by Crippen LogP contribution is -2.11. The van der Waals surface area contributed by atoms with E-state index in [1.165, 1.54) is 30.3 Å². The minimum absolute atomic E-state index is 0.0955. The summed E-state index contributed by atoms with van der Waals surface area (Å²) in [5, 5.41) is 10.5. The third-order valence-corrected chi connectivity index (χ3v) is 5.64. The van der Waals surface area contributed by atoms with Gasteiger partial charge in [-0.25, -0.2) is 8.42 Å². The van der Waals surface area contributed by atoms with Crippen molar-refractivity contribution in [1.29, 1.82) is 0 Å². The van der Waals surface area contributed by atoms with E-state index in [1.54, 1.807) is 6.07 Å². The summed E-state index contributed by atoms with van der Waals surface area (Å²) in [7, 11) is -3.66. The number of rotatable bonds is 4. The van der Waals surface area contributed by atoms with Crippen LogP contribution in [0.4, 0.5) is 11.4 Å². The summed E-state index contributed by atoms with van der Waals surface area (Å²) in [6.45, 7) is 0. The zero-order chi connectivity index (χ0) is 14.0. The van der Waals surface area contributed by atoms with Gasteiger partial charge < -0.3 is 0 Å². The monoisotopic (exact) mass is 362 g/mol. The lowest BCUT2D eigenvalue weighted by molar-refractivity contribution is -0.384. The number of nitrogens with one attached hydrogen (secondary N) is 1. The lowest BCUT2D eigenvalue weighted by Gasteiger charge is -2.05. The Morgan fingerprint density at radius 3 is 2.26 bits per heavy atom. The molecule has 0 unspecified atom stereocenters. The van der Waals surface area contributed by atoms with Gasteiger partial charge in [0.15, 0.2) is 0 Å². The zero-order valence-corrected chi connectivity index (χ0v) is 12.5. The minimum atomic E-state index is -3.66. The summed E-state index contributed by atoms with van der Waals surface area (Å²) in [5.74, 6) is 0. The van der Waals surface area contributed by atoms with E-state index < -0.39 is 14.9 Å². The molecule has 0 bridgehead atoms. The second-order valence-electron chi connectivity index (χ2n) is 3.47. The molecular formula is C10H7BrN2O4S2. The predicted octanol–water partition coefficient (Wildman–Crippen LogP) is 3.22. The second-order valence-corrected chi connectivity index (χ2v) is 7.84. The second kappa shape index (κ2) is 5.27. The first-order chi connectivity index (χ1) is 8.88. The molecule has 0 saturated heterocycles. The van der Waals surface area contributed by atoms with Crippen molar-refractivity contribution in [2.75, 3.05) is 4.72 Å². The standard InChI is InChI=1S/C10H7BrN2O4S2/c11-9-5-6-10(18-9)19(16,17)12-7-1-3-8(4-2-7)13(14)15/h1-6,12H. The van der Waals surface area contributed by atoms with E-state index in [0.717, 1.165) is 11.3 Å². The molecular weight excluding hydrogens is 356 g/mol. The SMILES string of the molecule is O=[N+]([O-])c1ccc(NS(=O)(=O)c2ccc(Br)s2)cc1.